The molecule has 0 radical (unpaired) electrons. The predicted octanol–water partition coefficient (Wildman–Crippen LogP) is 1.04. The smallest absolute Gasteiger partial charge is 0.234 e. The van der Waals surface area contributed by atoms with Crippen molar-refractivity contribution in [3.05, 3.63) is 18.2 Å². The fourth-order valence-electron chi connectivity index (χ4n) is 1.58. The fourth-order valence-corrected chi connectivity index (χ4v) is 1.58. The van der Waals surface area contributed by atoms with E-state index < -0.39 is 0 Å². The minimum atomic E-state index is 0.0913. The van der Waals surface area contributed by atoms with E-state index in [1.807, 2.05) is 25.1 Å². The Morgan fingerprint density at radius 1 is 1.56 bits per heavy atom. The Morgan fingerprint density at radius 3 is 2.83 bits per heavy atom. The molecular formula is C13H24N4O. The number of hydrogen-bond donors (Lipinski definition) is 1. The van der Waals surface area contributed by atoms with Gasteiger partial charge in [-0.3, -0.25) is 9.69 Å². The maximum absolute atomic E-state index is 11.6. The van der Waals surface area contributed by atoms with Gasteiger partial charge in [0.1, 0.15) is 5.82 Å². The highest BCUT2D eigenvalue weighted by Gasteiger charge is 2.08. The number of amides is 1. The van der Waals surface area contributed by atoms with E-state index in [9.17, 15) is 4.79 Å². The van der Waals surface area contributed by atoms with Gasteiger partial charge in [0.15, 0.2) is 0 Å². The number of rotatable bonds is 7. The molecule has 0 bridgehead atoms. The first-order valence-electron chi connectivity index (χ1n) is 6.45. The standard InChI is InChI=1S/C13H24N4O/c1-11(2)16(4)10-13(18)15-6-5-8-17-9-7-14-12(17)3/h7,9,11H,5-6,8,10H2,1-4H3,(H,15,18). The highest BCUT2D eigenvalue weighted by molar-refractivity contribution is 5.77. The van der Waals surface area contributed by atoms with Gasteiger partial charge in [-0.25, -0.2) is 4.98 Å². The van der Waals surface area contributed by atoms with Crippen LogP contribution in [0.1, 0.15) is 26.1 Å². The summed E-state index contributed by atoms with van der Waals surface area (Å²) in [4.78, 5) is 17.8. The van der Waals surface area contributed by atoms with Gasteiger partial charge >= 0.3 is 0 Å². The summed E-state index contributed by atoms with van der Waals surface area (Å²) in [6.45, 7) is 8.21. The van der Waals surface area contributed by atoms with Crippen LogP contribution in [0.3, 0.4) is 0 Å². The third kappa shape index (κ3) is 4.87. The second-order valence-corrected chi connectivity index (χ2v) is 4.88. The van der Waals surface area contributed by atoms with E-state index in [0.29, 0.717) is 19.1 Å². The third-order valence-corrected chi connectivity index (χ3v) is 3.10. The highest BCUT2D eigenvalue weighted by Crippen LogP contribution is 1.96. The topological polar surface area (TPSA) is 50.2 Å². The predicted molar refractivity (Wildman–Crippen MR) is 72.4 cm³/mol. The molecule has 0 atom stereocenters. The average Bonchev–Trinajstić information content (AvgIpc) is 2.70. The molecule has 1 aromatic heterocycles. The van der Waals surface area contributed by atoms with E-state index in [1.54, 1.807) is 6.20 Å². The van der Waals surface area contributed by atoms with Crippen molar-refractivity contribution in [1.82, 2.24) is 19.8 Å². The van der Waals surface area contributed by atoms with Crippen LogP contribution >= 0.6 is 0 Å². The number of nitrogens with one attached hydrogen (secondary N) is 1. The van der Waals surface area contributed by atoms with Gasteiger partial charge in [0.05, 0.1) is 6.54 Å². The molecule has 0 saturated heterocycles. The van der Waals surface area contributed by atoms with Gasteiger partial charge in [0.25, 0.3) is 0 Å². The van der Waals surface area contributed by atoms with Crippen LogP contribution in [-0.2, 0) is 11.3 Å². The molecule has 1 aromatic rings. The lowest BCUT2D eigenvalue weighted by atomic mass is 10.3. The molecule has 1 amide bonds. The van der Waals surface area contributed by atoms with Gasteiger partial charge in [0.2, 0.25) is 5.91 Å². The highest BCUT2D eigenvalue weighted by atomic mass is 16.2. The van der Waals surface area contributed by atoms with Crippen molar-refractivity contribution >= 4 is 5.91 Å². The first-order chi connectivity index (χ1) is 8.50. The van der Waals surface area contributed by atoms with Crippen molar-refractivity contribution in [2.75, 3.05) is 20.1 Å². The molecule has 1 rings (SSSR count). The van der Waals surface area contributed by atoms with Crippen LogP contribution < -0.4 is 5.32 Å². The zero-order chi connectivity index (χ0) is 13.5. The van der Waals surface area contributed by atoms with Crippen LogP contribution in [0.25, 0.3) is 0 Å². The Kier molecular flexibility index (Phi) is 5.85. The van der Waals surface area contributed by atoms with Crippen molar-refractivity contribution < 1.29 is 4.79 Å². The number of carbonyl (C=O) groups excluding carboxylic acids is 1. The summed E-state index contributed by atoms with van der Waals surface area (Å²) in [5, 5.41) is 2.94. The maximum Gasteiger partial charge on any atom is 0.234 e. The van der Waals surface area contributed by atoms with Crippen molar-refractivity contribution in [2.24, 2.45) is 0 Å². The molecule has 0 aliphatic heterocycles. The minimum absolute atomic E-state index is 0.0913. The molecule has 0 spiro atoms. The number of nitrogens with zero attached hydrogens (tertiary/aromatic N) is 3. The van der Waals surface area contributed by atoms with Crippen molar-refractivity contribution in [3.8, 4) is 0 Å². The first-order valence-corrected chi connectivity index (χ1v) is 6.45. The Hall–Kier alpha value is -1.36. The molecule has 102 valence electrons. The summed E-state index contributed by atoms with van der Waals surface area (Å²) < 4.78 is 2.09. The van der Waals surface area contributed by atoms with E-state index in [4.69, 9.17) is 0 Å². The summed E-state index contributed by atoms with van der Waals surface area (Å²) >= 11 is 0. The summed E-state index contributed by atoms with van der Waals surface area (Å²) in [5.41, 5.74) is 0. The minimum Gasteiger partial charge on any atom is -0.355 e. The van der Waals surface area contributed by atoms with Gasteiger partial charge in [-0.2, -0.15) is 0 Å². The third-order valence-electron chi connectivity index (χ3n) is 3.10. The second kappa shape index (κ2) is 7.16. The van der Waals surface area contributed by atoms with Crippen LogP contribution in [0.15, 0.2) is 12.4 Å². The first kappa shape index (κ1) is 14.7. The lowest BCUT2D eigenvalue weighted by molar-refractivity contribution is -0.122. The Balaban J connectivity index is 2.14. The van der Waals surface area contributed by atoms with Crippen molar-refractivity contribution in [2.45, 2.75) is 39.8 Å². The van der Waals surface area contributed by atoms with Crippen LogP contribution in [0.5, 0.6) is 0 Å². The fraction of sp³-hybridized carbons (Fsp3) is 0.692. The van der Waals surface area contributed by atoms with Crippen LogP contribution in [0.4, 0.5) is 0 Å². The summed E-state index contributed by atoms with van der Waals surface area (Å²) in [6.07, 6.45) is 4.68. The summed E-state index contributed by atoms with van der Waals surface area (Å²) in [6, 6.07) is 0.393. The van der Waals surface area contributed by atoms with Crippen molar-refractivity contribution in [1.29, 1.82) is 0 Å². The van der Waals surface area contributed by atoms with Crippen LogP contribution in [0, 0.1) is 6.92 Å². The number of carbonyl (C=O) groups is 1. The van der Waals surface area contributed by atoms with Gasteiger partial charge in [0, 0.05) is 31.5 Å². The molecule has 0 aromatic carbocycles. The molecule has 5 heteroatoms. The number of aryl methyl sites for hydroxylation is 2. The van der Waals surface area contributed by atoms with E-state index in [0.717, 1.165) is 18.8 Å². The Labute approximate surface area is 109 Å². The Morgan fingerprint density at radius 2 is 2.28 bits per heavy atom. The molecule has 0 unspecified atom stereocenters. The maximum atomic E-state index is 11.6. The molecule has 1 heterocycles. The van der Waals surface area contributed by atoms with Gasteiger partial charge in [-0.1, -0.05) is 0 Å². The van der Waals surface area contributed by atoms with Crippen molar-refractivity contribution in [3.63, 3.8) is 0 Å². The average molecular weight is 252 g/mol. The number of aromatic nitrogens is 2. The van der Waals surface area contributed by atoms with Crippen LogP contribution in [0.2, 0.25) is 0 Å². The molecule has 0 fully saturated rings. The van der Waals surface area contributed by atoms with Gasteiger partial charge in [-0.15, -0.1) is 0 Å². The van der Waals surface area contributed by atoms with E-state index in [-0.39, 0.29) is 5.91 Å². The largest absolute Gasteiger partial charge is 0.355 e. The monoisotopic (exact) mass is 252 g/mol. The number of likely N-dealkylation sites (N-methyl/N-ethyl adjacent to an activating group) is 1. The molecule has 1 N–H and O–H groups in total. The molecule has 0 saturated carbocycles. The van der Waals surface area contributed by atoms with E-state index in [2.05, 4.69) is 28.7 Å². The normalized spacial score (nSPS) is 11.2. The van der Waals surface area contributed by atoms with Crippen LogP contribution in [-0.4, -0.2) is 46.5 Å². The molecule has 18 heavy (non-hydrogen) atoms. The SMILES string of the molecule is Cc1nccn1CCCNC(=O)CN(C)C(C)C. The zero-order valence-electron chi connectivity index (χ0n) is 11.8. The quantitative estimate of drug-likeness (QED) is 0.738. The van der Waals surface area contributed by atoms with E-state index in [1.165, 1.54) is 0 Å². The van der Waals surface area contributed by atoms with Gasteiger partial charge < -0.3 is 9.88 Å². The number of imidazole rings is 1. The molecular weight excluding hydrogens is 228 g/mol. The lowest BCUT2D eigenvalue weighted by Crippen LogP contribution is -2.38. The zero-order valence-corrected chi connectivity index (χ0v) is 11.8. The van der Waals surface area contributed by atoms with Gasteiger partial charge in [-0.05, 0) is 34.2 Å². The Bertz CT molecular complexity index is 373. The summed E-state index contributed by atoms with van der Waals surface area (Å²) in [5.74, 6) is 1.11. The summed E-state index contributed by atoms with van der Waals surface area (Å²) in [7, 11) is 1.96. The molecule has 0 aliphatic rings. The second-order valence-electron chi connectivity index (χ2n) is 4.88. The lowest BCUT2D eigenvalue weighted by Gasteiger charge is -2.20. The molecule has 0 aliphatic carbocycles. The van der Waals surface area contributed by atoms with E-state index >= 15 is 0 Å². The molecule has 5 nitrogen and oxygen atoms in total. The number of hydrogen-bond acceptors (Lipinski definition) is 3.